The Bertz CT molecular complexity index is 750. The number of rotatable bonds is 5. The highest BCUT2D eigenvalue weighted by atomic mass is 35.5. The first-order valence-corrected chi connectivity index (χ1v) is 10.1. The summed E-state index contributed by atoms with van der Waals surface area (Å²) in [6.45, 7) is 3.88. The number of hydrogen-bond donors (Lipinski definition) is 3. The minimum atomic E-state index is -0.805. The van der Waals surface area contributed by atoms with E-state index >= 15 is 0 Å². The van der Waals surface area contributed by atoms with Crippen molar-refractivity contribution < 1.29 is 19.8 Å². The second-order valence-electron chi connectivity index (χ2n) is 8.59. The molecular weight excluding hydrogens is 435 g/mol. The average molecular weight is 465 g/mol. The predicted octanol–water partition coefficient (Wildman–Crippen LogP) is 1.00. The molecule has 1 aliphatic carbocycles. The molecule has 10 nitrogen and oxygen atoms in total. The van der Waals surface area contributed by atoms with Crippen LogP contribution in [0.25, 0.3) is 0 Å². The molecule has 4 rings (SSSR count). The highest BCUT2D eigenvalue weighted by molar-refractivity contribution is 5.85. The van der Waals surface area contributed by atoms with Crippen LogP contribution in [0.2, 0.25) is 0 Å². The molecule has 12 heteroatoms. The Kier molecular flexibility index (Phi) is 8.43. The van der Waals surface area contributed by atoms with Gasteiger partial charge in [-0.1, -0.05) is 0 Å². The van der Waals surface area contributed by atoms with Crippen molar-refractivity contribution in [3.63, 3.8) is 0 Å². The lowest BCUT2D eigenvalue weighted by atomic mass is 9.69. The van der Waals surface area contributed by atoms with Gasteiger partial charge in [-0.2, -0.15) is 4.80 Å². The van der Waals surface area contributed by atoms with Crippen LogP contribution in [0.3, 0.4) is 0 Å². The Morgan fingerprint density at radius 2 is 1.87 bits per heavy atom. The molecule has 0 bridgehead atoms. The van der Waals surface area contributed by atoms with E-state index in [0.717, 1.165) is 32.4 Å². The number of likely N-dealkylation sites (tertiary alicyclic amines) is 1. The molecule has 2 aliphatic heterocycles. The molecule has 6 atom stereocenters. The van der Waals surface area contributed by atoms with Crippen molar-refractivity contribution in [2.75, 3.05) is 19.6 Å². The van der Waals surface area contributed by atoms with Gasteiger partial charge >= 0.3 is 11.9 Å². The van der Waals surface area contributed by atoms with Crippen LogP contribution in [0.5, 0.6) is 0 Å². The first-order chi connectivity index (χ1) is 13.4. The normalized spacial score (nSPS) is 33.8. The van der Waals surface area contributed by atoms with Crippen LogP contribution in [0, 0.1) is 24.7 Å². The molecule has 1 saturated carbocycles. The molecule has 3 aliphatic rings. The molecule has 3 heterocycles. The minimum absolute atomic E-state index is 0. The fourth-order valence-electron chi connectivity index (χ4n) is 5.31. The maximum atomic E-state index is 11.8. The topological polar surface area (TPSA) is 133 Å². The number of carboxylic acids is 2. The van der Waals surface area contributed by atoms with E-state index < -0.39 is 24.0 Å². The van der Waals surface area contributed by atoms with Gasteiger partial charge in [0, 0.05) is 13.1 Å². The van der Waals surface area contributed by atoms with Gasteiger partial charge in [0.2, 0.25) is 0 Å². The van der Waals surface area contributed by atoms with Crippen molar-refractivity contribution >= 4 is 36.8 Å². The lowest BCUT2D eigenvalue weighted by Gasteiger charge is -2.42. The summed E-state index contributed by atoms with van der Waals surface area (Å²) in [6, 6.07) is -1.06. The van der Waals surface area contributed by atoms with Gasteiger partial charge < -0.3 is 15.5 Å². The second kappa shape index (κ2) is 10.2. The quantitative estimate of drug-likeness (QED) is 0.582. The van der Waals surface area contributed by atoms with Gasteiger partial charge in [-0.25, -0.2) is 0 Å². The first kappa shape index (κ1) is 24.8. The Hall–Kier alpha value is -1.49. The Morgan fingerprint density at radius 1 is 1.10 bits per heavy atom. The molecule has 170 valence electrons. The van der Waals surface area contributed by atoms with Crippen LogP contribution >= 0.6 is 24.8 Å². The number of nitrogens with one attached hydrogen (secondary N) is 1. The highest BCUT2D eigenvalue weighted by Crippen LogP contribution is 2.40. The number of tetrazole rings is 1. The zero-order valence-corrected chi connectivity index (χ0v) is 18.5. The Morgan fingerprint density at radius 3 is 2.50 bits per heavy atom. The summed E-state index contributed by atoms with van der Waals surface area (Å²) in [5.41, 5.74) is 0. The molecule has 1 aromatic rings. The molecule has 3 fully saturated rings. The summed E-state index contributed by atoms with van der Waals surface area (Å²) in [7, 11) is 0. The van der Waals surface area contributed by atoms with Crippen molar-refractivity contribution in [2.45, 2.75) is 57.2 Å². The van der Waals surface area contributed by atoms with Crippen LogP contribution in [-0.2, 0) is 9.59 Å². The number of hydrogen-bond acceptors (Lipinski definition) is 7. The molecule has 1 aromatic heterocycles. The van der Waals surface area contributed by atoms with Gasteiger partial charge in [0.25, 0.3) is 0 Å². The number of halogens is 2. The van der Waals surface area contributed by atoms with Gasteiger partial charge in [0.05, 0.1) is 6.04 Å². The minimum Gasteiger partial charge on any atom is -0.480 e. The summed E-state index contributed by atoms with van der Waals surface area (Å²) in [6.07, 6.45) is 4.27. The molecule has 0 radical (unpaired) electrons. The molecule has 2 saturated heterocycles. The summed E-state index contributed by atoms with van der Waals surface area (Å²) >= 11 is 0. The number of nitrogens with zero attached hydrogens (tertiary/aromatic N) is 5. The number of carboxylic acid groups (broad SMARTS) is 2. The van der Waals surface area contributed by atoms with E-state index in [1.807, 2.05) is 4.90 Å². The van der Waals surface area contributed by atoms with E-state index in [2.05, 4.69) is 20.7 Å². The molecule has 0 aromatic carbocycles. The molecular formula is C18H30Cl2N6O4. The maximum Gasteiger partial charge on any atom is 0.321 e. The third-order valence-corrected chi connectivity index (χ3v) is 6.73. The van der Waals surface area contributed by atoms with Crippen LogP contribution in [-0.4, -0.2) is 79.0 Å². The van der Waals surface area contributed by atoms with Gasteiger partial charge in [0.1, 0.15) is 12.1 Å². The Labute approximate surface area is 187 Å². The lowest BCUT2D eigenvalue weighted by molar-refractivity contribution is -0.143. The largest absolute Gasteiger partial charge is 0.480 e. The zero-order valence-electron chi connectivity index (χ0n) is 16.9. The average Bonchev–Trinajstić information content (AvgIpc) is 3.27. The van der Waals surface area contributed by atoms with Crippen molar-refractivity contribution in [1.82, 2.24) is 30.4 Å². The number of piperidine rings is 1. The van der Waals surface area contributed by atoms with Crippen LogP contribution in [0.4, 0.5) is 0 Å². The maximum absolute atomic E-state index is 11.8. The third kappa shape index (κ3) is 5.22. The molecule has 3 unspecified atom stereocenters. The standard InChI is InChI=1S/C18H28N6O4.2ClH/c1-10-20-22-24(21-10)14-6-16(18(27)28)23(9-14)8-11-2-3-12-7-19-15(17(25)26)5-13(12)4-11;;/h11-16,19H,2-9H2,1H3,(H,25,26)(H,27,28);2*1H/t11?,12-,13?,14-,15?,16-;;/m0../s1. The summed E-state index contributed by atoms with van der Waals surface area (Å²) in [5, 5.41) is 34.3. The van der Waals surface area contributed by atoms with Crippen LogP contribution in [0.1, 0.15) is 44.0 Å². The SMILES string of the molecule is Cc1nnn([C@H]2C[C@@H](C(=O)O)N(CC3CC[C@H]4CNC(C(=O)O)CC4C3)C2)n1.Cl.Cl. The second-order valence-corrected chi connectivity index (χ2v) is 8.59. The van der Waals surface area contributed by atoms with Gasteiger partial charge in [-0.15, -0.1) is 35.0 Å². The number of aryl methyl sites for hydroxylation is 1. The van der Waals surface area contributed by atoms with E-state index in [-0.39, 0.29) is 30.9 Å². The number of carbonyl (C=O) groups is 2. The molecule has 0 spiro atoms. The fraction of sp³-hybridized carbons (Fsp3) is 0.833. The highest BCUT2D eigenvalue weighted by Gasteiger charge is 2.42. The monoisotopic (exact) mass is 464 g/mol. The summed E-state index contributed by atoms with van der Waals surface area (Å²) in [5.74, 6) is 0.353. The van der Waals surface area contributed by atoms with Crippen molar-refractivity contribution in [2.24, 2.45) is 17.8 Å². The van der Waals surface area contributed by atoms with Gasteiger partial charge in [-0.05, 0) is 68.5 Å². The number of aliphatic carboxylic acids is 2. The van der Waals surface area contributed by atoms with Gasteiger partial charge in [-0.3, -0.25) is 14.5 Å². The molecule has 0 amide bonds. The van der Waals surface area contributed by atoms with Crippen LogP contribution < -0.4 is 5.32 Å². The fourth-order valence-corrected chi connectivity index (χ4v) is 5.31. The first-order valence-electron chi connectivity index (χ1n) is 10.1. The van der Waals surface area contributed by atoms with Crippen molar-refractivity contribution in [3.05, 3.63) is 5.82 Å². The lowest BCUT2D eigenvalue weighted by Crippen LogP contribution is -2.50. The third-order valence-electron chi connectivity index (χ3n) is 6.73. The van der Waals surface area contributed by atoms with E-state index in [1.165, 1.54) is 0 Å². The van der Waals surface area contributed by atoms with E-state index in [0.29, 0.717) is 43.0 Å². The molecule has 3 N–H and O–H groups in total. The van der Waals surface area contributed by atoms with E-state index in [1.54, 1.807) is 11.7 Å². The zero-order chi connectivity index (χ0) is 19.8. The van der Waals surface area contributed by atoms with E-state index in [9.17, 15) is 19.8 Å². The summed E-state index contributed by atoms with van der Waals surface area (Å²) in [4.78, 5) is 26.7. The summed E-state index contributed by atoms with van der Waals surface area (Å²) < 4.78 is 0. The van der Waals surface area contributed by atoms with Crippen molar-refractivity contribution in [1.29, 1.82) is 0 Å². The smallest absolute Gasteiger partial charge is 0.321 e. The van der Waals surface area contributed by atoms with Crippen molar-refractivity contribution in [3.8, 4) is 0 Å². The van der Waals surface area contributed by atoms with Gasteiger partial charge in [0.15, 0.2) is 5.82 Å². The number of fused-ring (bicyclic) bond motifs is 1. The predicted molar refractivity (Wildman–Crippen MR) is 112 cm³/mol. The van der Waals surface area contributed by atoms with E-state index in [4.69, 9.17) is 0 Å². The Balaban J connectivity index is 0.00000160. The number of aromatic nitrogens is 4. The van der Waals surface area contributed by atoms with Crippen LogP contribution in [0.15, 0.2) is 0 Å². The molecule has 30 heavy (non-hydrogen) atoms.